The van der Waals surface area contributed by atoms with Gasteiger partial charge in [-0.15, -0.1) is 6.58 Å². The van der Waals surface area contributed by atoms with Crippen LogP contribution in [0, 0.1) is 52.3 Å². The molecule has 0 spiro atoms. The largest absolute Gasteiger partial charge is 0.302 e. The molecule has 1 nitrogen and oxygen atoms in total. The van der Waals surface area contributed by atoms with Crippen LogP contribution in [0.1, 0.15) is 99.3 Å². The standard InChI is InChI=1S/C33H56N/c1-10-14-16-28(26-20-24(26)11-2)32(6,7)29-17-15-18-34(8,9)22-33(21-30(29)33)27(13-4)31-23(5)19-25(31)12-3/h10,15,18,23-28,31H,1,11-14,16-17,19-22H2,2-9H3/q+1. The summed E-state index contributed by atoms with van der Waals surface area (Å²) in [6.07, 6.45) is 19.3. The van der Waals surface area contributed by atoms with Crippen molar-refractivity contribution >= 4 is 0 Å². The van der Waals surface area contributed by atoms with Gasteiger partial charge < -0.3 is 4.48 Å². The monoisotopic (exact) mass is 466 g/mol. The molecular weight excluding hydrogens is 410 g/mol. The normalized spacial score (nSPS) is 38.3. The van der Waals surface area contributed by atoms with Crippen LogP contribution in [0.3, 0.4) is 0 Å². The van der Waals surface area contributed by atoms with Gasteiger partial charge in [0, 0.05) is 5.41 Å². The van der Waals surface area contributed by atoms with Crippen molar-refractivity contribution in [2.45, 2.75) is 99.3 Å². The highest BCUT2D eigenvalue weighted by Crippen LogP contribution is 2.69. The molecule has 1 heterocycles. The first-order valence-electron chi connectivity index (χ1n) is 14.9. The molecule has 4 rings (SSSR count). The van der Waals surface area contributed by atoms with Crippen LogP contribution in [0.15, 0.2) is 36.1 Å². The first kappa shape index (κ1) is 26.2. The molecule has 8 atom stereocenters. The number of hydrogen-bond acceptors (Lipinski definition) is 0. The summed E-state index contributed by atoms with van der Waals surface area (Å²) < 4.78 is 1.05. The van der Waals surface area contributed by atoms with Gasteiger partial charge >= 0.3 is 0 Å². The zero-order chi connectivity index (χ0) is 24.9. The van der Waals surface area contributed by atoms with Crippen LogP contribution in [0.2, 0.25) is 0 Å². The average molecular weight is 467 g/mol. The van der Waals surface area contributed by atoms with Gasteiger partial charge in [0.05, 0.1) is 26.8 Å². The molecule has 0 bridgehead atoms. The summed E-state index contributed by atoms with van der Waals surface area (Å²) in [7, 11) is 4.89. The molecule has 0 amide bonds. The Hall–Kier alpha value is -0.820. The predicted octanol–water partition coefficient (Wildman–Crippen LogP) is 9.03. The highest BCUT2D eigenvalue weighted by molar-refractivity contribution is 5.44. The first-order chi connectivity index (χ1) is 16.1. The second kappa shape index (κ2) is 9.57. The minimum atomic E-state index is 0.293. The Morgan fingerprint density at radius 3 is 2.41 bits per heavy atom. The van der Waals surface area contributed by atoms with Crippen molar-refractivity contribution in [3.63, 3.8) is 0 Å². The van der Waals surface area contributed by atoms with Crippen molar-refractivity contribution in [1.29, 1.82) is 0 Å². The summed E-state index contributed by atoms with van der Waals surface area (Å²) in [6.45, 7) is 20.6. The molecule has 3 aliphatic carbocycles. The van der Waals surface area contributed by atoms with E-state index in [-0.39, 0.29) is 0 Å². The van der Waals surface area contributed by atoms with Crippen LogP contribution >= 0.6 is 0 Å². The van der Waals surface area contributed by atoms with Gasteiger partial charge in [0.25, 0.3) is 0 Å². The average Bonchev–Trinajstić information content (AvgIpc) is 3.68. The SMILES string of the molecule is C=CCCC(C1CC1CC)C(C)(C)C1=C2CC2(C(CC)C2C(C)CC2CC)C[N+](C)(C)C=CC1. The Kier molecular flexibility index (Phi) is 7.39. The summed E-state index contributed by atoms with van der Waals surface area (Å²) in [5.41, 5.74) is 4.49. The fourth-order valence-corrected chi connectivity index (χ4v) is 9.43. The number of quaternary nitrogens is 1. The lowest BCUT2D eigenvalue weighted by Gasteiger charge is -2.51. The molecule has 0 aromatic rings. The van der Waals surface area contributed by atoms with Crippen LogP contribution < -0.4 is 0 Å². The highest BCUT2D eigenvalue weighted by Gasteiger charge is 2.64. The van der Waals surface area contributed by atoms with Gasteiger partial charge in [0.15, 0.2) is 0 Å². The van der Waals surface area contributed by atoms with E-state index in [1.165, 1.54) is 64.3 Å². The molecule has 4 aliphatic rings. The minimum absolute atomic E-state index is 0.293. The zero-order valence-corrected chi connectivity index (χ0v) is 24.0. The molecule has 0 saturated heterocycles. The van der Waals surface area contributed by atoms with E-state index >= 15 is 0 Å². The van der Waals surface area contributed by atoms with E-state index in [0.717, 1.165) is 45.9 Å². The summed E-state index contributed by atoms with van der Waals surface area (Å²) >= 11 is 0. The topological polar surface area (TPSA) is 0 Å². The maximum Gasteiger partial charge on any atom is 0.0925 e. The van der Waals surface area contributed by atoms with Gasteiger partial charge in [-0.3, -0.25) is 0 Å². The molecule has 34 heavy (non-hydrogen) atoms. The lowest BCUT2D eigenvalue weighted by atomic mass is 9.55. The third-order valence-electron chi connectivity index (χ3n) is 11.3. The van der Waals surface area contributed by atoms with Crippen molar-refractivity contribution in [2.24, 2.45) is 52.3 Å². The molecule has 0 radical (unpaired) electrons. The van der Waals surface area contributed by atoms with Crippen molar-refractivity contribution in [3.05, 3.63) is 36.1 Å². The van der Waals surface area contributed by atoms with E-state index in [1.807, 2.05) is 11.1 Å². The van der Waals surface area contributed by atoms with Gasteiger partial charge in [-0.05, 0) is 91.4 Å². The molecule has 1 aliphatic heterocycles. The third-order valence-corrected chi connectivity index (χ3v) is 11.3. The number of allylic oxidation sites excluding steroid dienone is 3. The number of fused-ring (bicyclic) bond motifs is 1. The maximum atomic E-state index is 4.09. The van der Waals surface area contributed by atoms with Crippen molar-refractivity contribution in [3.8, 4) is 0 Å². The Bertz CT molecular complexity index is 812. The van der Waals surface area contributed by atoms with Crippen LogP contribution in [-0.2, 0) is 0 Å². The predicted molar refractivity (Wildman–Crippen MR) is 148 cm³/mol. The molecule has 1 heteroatoms. The summed E-state index contributed by atoms with van der Waals surface area (Å²) in [4.78, 5) is 0. The Balaban J connectivity index is 1.73. The van der Waals surface area contributed by atoms with Gasteiger partial charge in [-0.2, -0.15) is 0 Å². The van der Waals surface area contributed by atoms with Gasteiger partial charge in [-0.25, -0.2) is 0 Å². The van der Waals surface area contributed by atoms with Gasteiger partial charge in [0.1, 0.15) is 0 Å². The highest BCUT2D eigenvalue weighted by atomic mass is 15.3. The lowest BCUT2D eigenvalue weighted by Crippen LogP contribution is -2.49. The van der Waals surface area contributed by atoms with E-state index in [0.29, 0.717) is 10.8 Å². The molecule has 3 fully saturated rings. The van der Waals surface area contributed by atoms with Crippen LogP contribution in [0.4, 0.5) is 0 Å². The lowest BCUT2D eigenvalue weighted by molar-refractivity contribution is -0.844. The molecule has 0 N–H and O–H groups in total. The summed E-state index contributed by atoms with van der Waals surface area (Å²) in [5, 5.41) is 0. The molecule has 8 unspecified atom stereocenters. The smallest absolute Gasteiger partial charge is 0.0925 e. The molecule has 0 aromatic carbocycles. The van der Waals surface area contributed by atoms with E-state index in [1.54, 1.807) is 0 Å². The molecular formula is C33H56N+. The minimum Gasteiger partial charge on any atom is -0.302 e. The Labute approximate surface area is 212 Å². The third kappa shape index (κ3) is 4.53. The van der Waals surface area contributed by atoms with Gasteiger partial charge in [-0.1, -0.05) is 78.0 Å². The van der Waals surface area contributed by atoms with E-state index in [4.69, 9.17) is 0 Å². The maximum absolute atomic E-state index is 4.09. The fourth-order valence-electron chi connectivity index (χ4n) is 9.43. The van der Waals surface area contributed by atoms with Crippen LogP contribution in [-0.4, -0.2) is 25.1 Å². The van der Waals surface area contributed by atoms with E-state index in [9.17, 15) is 0 Å². The second-order valence-corrected chi connectivity index (χ2v) is 14.1. The Morgan fingerprint density at radius 1 is 1.15 bits per heavy atom. The summed E-state index contributed by atoms with van der Waals surface area (Å²) in [6, 6.07) is 0. The first-order valence-corrected chi connectivity index (χ1v) is 14.9. The van der Waals surface area contributed by atoms with Crippen molar-refractivity contribution < 1.29 is 4.48 Å². The zero-order valence-electron chi connectivity index (χ0n) is 24.0. The summed E-state index contributed by atoms with van der Waals surface area (Å²) in [5.74, 6) is 6.37. The number of nitrogens with zero attached hydrogens (tertiary/aromatic N) is 1. The fraction of sp³-hybridized carbons (Fsp3) is 0.818. The van der Waals surface area contributed by atoms with Crippen LogP contribution in [0.25, 0.3) is 0 Å². The number of hydrogen-bond donors (Lipinski definition) is 0. The van der Waals surface area contributed by atoms with E-state index < -0.39 is 0 Å². The van der Waals surface area contributed by atoms with E-state index in [2.05, 4.69) is 80.6 Å². The number of rotatable bonds is 11. The molecule has 192 valence electrons. The van der Waals surface area contributed by atoms with Crippen molar-refractivity contribution in [1.82, 2.24) is 0 Å². The molecule has 0 aromatic heterocycles. The Morgan fingerprint density at radius 2 is 1.85 bits per heavy atom. The molecule has 3 saturated carbocycles. The van der Waals surface area contributed by atoms with Gasteiger partial charge in [0.2, 0.25) is 0 Å². The van der Waals surface area contributed by atoms with Crippen LogP contribution in [0.5, 0.6) is 0 Å². The quantitative estimate of drug-likeness (QED) is 0.210. The second-order valence-electron chi connectivity index (χ2n) is 14.1. The van der Waals surface area contributed by atoms with Crippen molar-refractivity contribution in [2.75, 3.05) is 20.6 Å².